The molecule has 0 amide bonds. The molecular weight excluding hydrogens is 278 g/mol. The molecule has 9 heteroatoms. The number of esters is 1. The van der Waals surface area contributed by atoms with E-state index in [1.165, 1.54) is 12.7 Å². The summed E-state index contributed by atoms with van der Waals surface area (Å²) in [4.78, 5) is 23.7. The topological polar surface area (TPSA) is 125 Å². The van der Waals surface area contributed by atoms with E-state index in [9.17, 15) is 9.90 Å². The van der Waals surface area contributed by atoms with Crippen LogP contribution in [0.5, 0.6) is 0 Å². The van der Waals surface area contributed by atoms with Crippen molar-refractivity contribution in [3.05, 3.63) is 12.7 Å². The second-order valence-corrected chi connectivity index (χ2v) is 5.15. The largest absolute Gasteiger partial charge is 0.457 e. The number of nitrogen functional groups attached to an aromatic ring is 1. The molecule has 4 atom stereocenters. The maximum absolute atomic E-state index is 11.5. The number of ether oxygens (including phenoxy) is 2. The first-order valence-electron chi connectivity index (χ1n) is 6.58. The zero-order valence-corrected chi connectivity index (χ0v) is 10.9. The van der Waals surface area contributed by atoms with Gasteiger partial charge in [-0.15, -0.1) is 0 Å². The second-order valence-electron chi connectivity index (χ2n) is 5.15. The van der Waals surface area contributed by atoms with Gasteiger partial charge in [-0.05, 0) is 0 Å². The van der Waals surface area contributed by atoms with E-state index in [1.807, 2.05) is 0 Å². The van der Waals surface area contributed by atoms with Crippen LogP contribution >= 0.6 is 0 Å². The monoisotopic (exact) mass is 291 g/mol. The Bertz CT molecular complexity index is 717. The van der Waals surface area contributed by atoms with Crippen LogP contribution in [0.4, 0.5) is 5.82 Å². The molecule has 0 radical (unpaired) electrons. The van der Waals surface area contributed by atoms with E-state index >= 15 is 0 Å². The van der Waals surface area contributed by atoms with Crippen LogP contribution in [0.1, 0.15) is 12.6 Å². The number of anilines is 1. The van der Waals surface area contributed by atoms with Crippen LogP contribution < -0.4 is 5.73 Å². The van der Waals surface area contributed by atoms with Crippen molar-refractivity contribution in [2.45, 2.75) is 24.9 Å². The lowest BCUT2D eigenvalue weighted by atomic mass is 9.97. The molecule has 21 heavy (non-hydrogen) atoms. The smallest absolute Gasteiger partial charge is 0.306 e. The number of carbonyl (C=O) groups excluding carboxylic acids is 1. The van der Waals surface area contributed by atoms with Gasteiger partial charge in [0, 0.05) is 5.92 Å². The van der Waals surface area contributed by atoms with Gasteiger partial charge in [-0.3, -0.25) is 9.36 Å². The maximum Gasteiger partial charge on any atom is 0.306 e. The van der Waals surface area contributed by atoms with Gasteiger partial charge in [0.1, 0.15) is 11.8 Å². The number of aromatic nitrogens is 4. The number of nitrogens with zero attached hydrogens (tertiary/aromatic N) is 4. The molecule has 0 aromatic carbocycles. The third kappa shape index (κ3) is 1.71. The summed E-state index contributed by atoms with van der Waals surface area (Å²) in [6.07, 6.45) is 1.65. The standard InChI is InChI=1S/C12H13N5O4/c13-10-8-11(15-3-14-10)17(4-16-8)12-9-5(1-7(19)21-9)6(2-18)20-12/h3-6,9,12,18H,1-2H2,(H2,13,14,15)/t5-,6-,9-,12-/m1/s1. The number of fused-ring (bicyclic) bond motifs is 2. The molecule has 2 fully saturated rings. The molecular formula is C12H13N5O4. The van der Waals surface area contributed by atoms with Crippen molar-refractivity contribution < 1.29 is 19.4 Å². The fourth-order valence-corrected chi connectivity index (χ4v) is 3.02. The van der Waals surface area contributed by atoms with Crippen molar-refractivity contribution in [2.75, 3.05) is 12.3 Å². The molecule has 2 aromatic heterocycles. The highest BCUT2D eigenvalue weighted by atomic mass is 16.6. The first kappa shape index (κ1) is 12.5. The van der Waals surface area contributed by atoms with Crippen molar-refractivity contribution in [1.82, 2.24) is 19.5 Å². The summed E-state index contributed by atoms with van der Waals surface area (Å²) < 4.78 is 12.8. The Labute approximate surface area is 118 Å². The van der Waals surface area contributed by atoms with Crippen LogP contribution in [0.3, 0.4) is 0 Å². The summed E-state index contributed by atoms with van der Waals surface area (Å²) in [7, 11) is 0. The van der Waals surface area contributed by atoms with Crippen molar-refractivity contribution >= 4 is 23.0 Å². The average Bonchev–Trinajstić information content (AvgIpc) is 3.12. The molecule has 2 saturated heterocycles. The second kappa shape index (κ2) is 4.37. The average molecular weight is 291 g/mol. The van der Waals surface area contributed by atoms with E-state index in [-0.39, 0.29) is 30.7 Å². The van der Waals surface area contributed by atoms with Gasteiger partial charge in [0.15, 0.2) is 23.8 Å². The van der Waals surface area contributed by atoms with Crippen molar-refractivity contribution in [1.29, 1.82) is 0 Å². The quantitative estimate of drug-likeness (QED) is 0.691. The van der Waals surface area contributed by atoms with Gasteiger partial charge in [0.05, 0.1) is 25.5 Å². The van der Waals surface area contributed by atoms with Crippen LogP contribution in [-0.2, 0) is 14.3 Å². The van der Waals surface area contributed by atoms with Crippen LogP contribution in [0.25, 0.3) is 11.2 Å². The molecule has 4 rings (SSSR count). The first-order valence-corrected chi connectivity index (χ1v) is 6.58. The van der Waals surface area contributed by atoms with Crippen molar-refractivity contribution in [2.24, 2.45) is 5.92 Å². The highest BCUT2D eigenvalue weighted by Gasteiger charge is 2.52. The molecule has 2 aliphatic rings. The lowest BCUT2D eigenvalue weighted by Gasteiger charge is -2.18. The zero-order chi connectivity index (χ0) is 14.6. The Morgan fingerprint density at radius 1 is 1.43 bits per heavy atom. The van der Waals surface area contributed by atoms with E-state index in [0.717, 1.165) is 0 Å². The lowest BCUT2D eigenvalue weighted by molar-refractivity contribution is -0.149. The number of hydrogen-bond donors (Lipinski definition) is 2. The highest BCUT2D eigenvalue weighted by Crippen LogP contribution is 2.43. The van der Waals surface area contributed by atoms with Gasteiger partial charge in [0.25, 0.3) is 0 Å². The fraction of sp³-hybridized carbons (Fsp3) is 0.500. The first-order chi connectivity index (χ1) is 10.2. The Morgan fingerprint density at radius 3 is 3.10 bits per heavy atom. The molecule has 0 unspecified atom stereocenters. The Balaban J connectivity index is 1.78. The molecule has 3 N–H and O–H groups in total. The van der Waals surface area contributed by atoms with E-state index in [2.05, 4.69) is 15.0 Å². The number of rotatable bonds is 2. The van der Waals surface area contributed by atoms with Crippen molar-refractivity contribution in [3.8, 4) is 0 Å². The van der Waals surface area contributed by atoms with Gasteiger partial charge >= 0.3 is 5.97 Å². The van der Waals surface area contributed by atoms with E-state index in [0.29, 0.717) is 11.2 Å². The van der Waals surface area contributed by atoms with E-state index in [4.69, 9.17) is 15.2 Å². The molecule has 110 valence electrons. The minimum atomic E-state index is -0.571. The fourth-order valence-electron chi connectivity index (χ4n) is 3.02. The molecule has 2 aromatic rings. The molecule has 4 heterocycles. The maximum atomic E-state index is 11.5. The molecule has 2 aliphatic heterocycles. The zero-order valence-electron chi connectivity index (χ0n) is 10.9. The van der Waals surface area contributed by atoms with Crippen LogP contribution in [-0.4, -0.2) is 49.4 Å². The highest BCUT2D eigenvalue weighted by molar-refractivity contribution is 5.81. The molecule has 0 spiro atoms. The number of aliphatic hydroxyl groups is 1. The summed E-state index contributed by atoms with van der Waals surface area (Å²) in [6, 6.07) is 0. The number of carbonyl (C=O) groups is 1. The summed E-state index contributed by atoms with van der Waals surface area (Å²) in [5.74, 6) is -0.171. The van der Waals surface area contributed by atoms with Gasteiger partial charge in [-0.25, -0.2) is 15.0 Å². The Hall–Kier alpha value is -2.26. The van der Waals surface area contributed by atoms with Gasteiger partial charge in [-0.1, -0.05) is 0 Å². The third-order valence-corrected chi connectivity index (χ3v) is 4.01. The predicted molar refractivity (Wildman–Crippen MR) is 68.7 cm³/mol. The lowest BCUT2D eigenvalue weighted by Crippen LogP contribution is -2.24. The molecule has 0 aliphatic carbocycles. The van der Waals surface area contributed by atoms with Crippen LogP contribution in [0.2, 0.25) is 0 Å². The number of hydrogen-bond acceptors (Lipinski definition) is 8. The van der Waals surface area contributed by atoms with Crippen LogP contribution in [0.15, 0.2) is 12.7 Å². The van der Waals surface area contributed by atoms with Crippen molar-refractivity contribution in [3.63, 3.8) is 0 Å². The number of imidazole rings is 1. The van der Waals surface area contributed by atoms with Gasteiger partial charge < -0.3 is 20.3 Å². The Kier molecular flexibility index (Phi) is 2.59. The molecule has 0 saturated carbocycles. The van der Waals surface area contributed by atoms with Gasteiger partial charge in [-0.2, -0.15) is 0 Å². The summed E-state index contributed by atoms with van der Waals surface area (Å²) in [5, 5.41) is 9.41. The summed E-state index contributed by atoms with van der Waals surface area (Å²) in [5.41, 5.74) is 6.73. The Morgan fingerprint density at radius 2 is 2.29 bits per heavy atom. The van der Waals surface area contributed by atoms with E-state index in [1.54, 1.807) is 4.57 Å². The molecule has 9 nitrogen and oxygen atoms in total. The van der Waals surface area contributed by atoms with Gasteiger partial charge in [0.2, 0.25) is 0 Å². The minimum absolute atomic E-state index is 0.163. The van der Waals surface area contributed by atoms with Crippen LogP contribution in [0, 0.1) is 5.92 Å². The number of aliphatic hydroxyl groups excluding tert-OH is 1. The predicted octanol–water partition coefficient (Wildman–Crippen LogP) is -0.770. The third-order valence-electron chi connectivity index (χ3n) is 4.01. The number of nitrogens with two attached hydrogens (primary N) is 1. The molecule has 0 bridgehead atoms. The minimum Gasteiger partial charge on any atom is -0.457 e. The SMILES string of the molecule is Nc1ncnc2c1ncn2[C@@H]1O[C@H](CO)[C@H]2CC(=O)O[C@H]21. The van der Waals surface area contributed by atoms with E-state index < -0.39 is 18.4 Å². The normalized spacial score (nSPS) is 31.6. The summed E-state index contributed by atoms with van der Waals surface area (Å²) >= 11 is 0. The summed E-state index contributed by atoms with van der Waals surface area (Å²) in [6.45, 7) is -0.169.